The number of para-hydroxylation sites is 1. The Balaban J connectivity index is 1.72. The van der Waals surface area contributed by atoms with E-state index in [1.807, 2.05) is 66.5 Å². The number of fused-ring (bicyclic) bond motifs is 4. The number of nitriles is 1. The van der Waals surface area contributed by atoms with Crippen LogP contribution in [-0.4, -0.2) is 20.9 Å². The minimum absolute atomic E-state index is 0.117. The van der Waals surface area contributed by atoms with Crippen LogP contribution in [0.5, 0.6) is 0 Å². The van der Waals surface area contributed by atoms with Gasteiger partial charge in [-0.15, -0.1) is 0 Å². The molecule has 1 aliphatic heterocycles. The molecule has 32 heavy (non-hydrogen) atoms. The van der Waals surface area contributed by atoms with Gasteiger partial charge in [-0.2, -0.15) is 5.26 Å². The van der Waals surface area contributed by atoms with Crippen LogP contribution < -0.4 is 0 Å². The number of hydrogen-bond donors (Lipinski definition) is 0. The number of aromatic nitrogens is 2. The smallest absolute Gasteiger partial charge is 0.347 e. The Morgan fingerprint density at radius 3 is 2.62 bits per heavy atom. The molecular weight excluding hydrogens is 402 g/mol. The zero-order valence-corrected chi connectivity index (χ0v) is 17.5. The number of cyclic esters (lactones) is 2. The van der Waals surface area contributed by atoms with Crippen molar-refractivity contribution >= 4 is 39.5 Å². The Morgan fingerprint density at radius 2 is 1.78 bits per heavy atom. The zero-order valence-electron chi connectivity index (χ0n) is 17.5. The van der Waals surface area contributed by atoms with Gasteiger partial charge in [0.2, 0.25) is 0 Å². The van der Waals surface area contributed by atoms with E-state index in [1.165, 1.54) is 0 Å². The summed E-state index contributed by atoms with van der Waals surface area (Å²) in [5.74, 6) is -1.37. The molecule has 0 spiro atoms. The van der Waals surface area contributed by atoms with E-state index >= 15 is 0 Å². The van der Waals surface area contributed by atoms with Crippen molar-refractivity contribution in [2.24, 2.45) is 13.0 Å². The summed E-state index contributed by atoms with van der Waals surface area (Å²) in [7, 11) is 1.92. The third-order valence-electron chi connectivity index (χ3n) is 6.68. The third-order valence-corrected chi connectivity index (χ3v) is 6.68. The molecule has 0 saturated carbocycles. The monoisotopic (exact) mass is 421 g/mol. The van der Waals surface area contributed by atoms with Crippen LogP contribution in [-0.2, 0) is 34.2 Å². The van der Waals surface area contributed by atoms with Gasteiger partial charge < -0.3 is 13.7 Å². The number of nitrogens with zero attached hydrogens (tertiary/aromatic N) is 3. The molecule has 156 valence electrons. The van der Waals surface area contributed by atoms with Crippen molar-refractivity contribution < 1.29 is 14.3 Å². The summed E-state index contributed by atoms with van der Waals surface area (Å²) >= 11 is 0. The van der Waals surface area contributed by atoms with Crippen molar-refractivity contribution in [1.82, 2.24) is 8.97 Å². The van der Waals surface area contributed by atoms with E-state index in [-0.39, 0.29) is 5.92 Å². The molecule has 0 N–H and O–H groups in total. The first-order valence-electron chi connectivity index (χ1n) is 10.6. The summed E-state index contributed by atoms with van der Waals surface area (Å²) < 4.78 is 9.21. The molecule has 6 heteroatoms. The Morgan fingerprint density at radius 1 is 1.03 bits per heavy atom. The van der Waals surface area contributed by atoms with Crippen LogP contribution in [0.3, 0.4) is 0 Å². The van der Waals surface area contributed by atoms with Gasteiger partial charge in [-0.05, 0) is 43.0 Å². The third kappa shape index (κ3) is 2.45. The minimum atomic E-state index is -0.629. The first kappa shape index (κ1) is 18.6. The molecule has 0 saturated heterocycles. The maximum absolute atomic E-state index is 13.1. The normalized spacial score (nSPS) is 18.3. The second-order valence-corrected chi connectivity index (χ2v) is 8.42. The first-order chi connectivity index (χ1) is 15.6. The number of ether oxygens (including phenoxy) is 1. The minimum Gasteiger partial charge on any atom is -0.386 e. The second-order valence-electron chi connectivity index (χ2n) is 8.42. The molecule has 0 radical (unpaired) electrons. The van der Waals surface area contributed by atoms with Gasteiger partial charge in [-0.1, -0.05) is 24.3 Å². The summed E-state index contributed by atoms with van der Waals surface area (Å²) in [4.78, 5) is 26.1. The van der Waals surface area contributed by atoms with Crippen molar-refractivity contribution in [3.63, 3.8) is 0 Å². The average molecular weight is 421 g/mol. The van der Waals surface area contributed by atoms with Crippen molar-refractivity contribution in [3.8, 4) is 6.07 Å². The van der Waals surface area contributed by atoms with E-state index in [1.54, 1.807) is 0 Å². The zero-order chi connectivity index (χ0) is 22.0. The van der Waals surface area contributed by atoms with Crippen molar-refractivity contribution in [1.29, 1.82) is 5.26 Å². The lowest BCUT2D eigenvalue weighted by Gasteiger charge is -2.18. The van der Waals surface area contributed by atoms with Crippen LogP contribution in [0.2, 0.25) is 0 Å². The summed E-state index contributed by atoms with van der Waals surface area (Å²) in [5, 5.41) is 10.5. The van der Waals surface area contributed by atoms with Crippen LogP contribution in [0, 0.1) is 17.2 Å². The standard InChI is InChI=1S/C26H19N3O3/c1-28-14-18(16-6-2-3-7-19(16)28)23-24(26(31)32-25(23)30)22-17-12-15(13-27)9-10-20(17)29-11-5-4-8-21(22)29/h2-8,11,14-15H,9-10,12H2,1H3. The summed E-state index contributed by atoms with van der Waals surface area (Å²) in [6, 6.07) is 16.0. The quantitative estimate of drug-likeness (QED) is 0.361. The molecule has 0 amide bonds. The first-order valence-corrected chi connectivity index (χ1v) is 10.6. The molecule has 1 unspecified atom stereocenters. The number of carbonyl (C=O) groups is 2. The van der Waals surface area contributed by atoms with Gasteiger partial charge in [0.1, 0.15) is 0 Å². The number of esters is 2. The number of benzene rings is 1. The molecule has 0 fully saturated rings. The van der Waals surface area contributed by atoms with Crippen LogP contribution in [0.4, 0.5) is 0 Å². The predicted octanol–water partition coefficient (Wildman–Crippen LogP) is 4.05. The molecule has 4 aromatic rings. The van der Waals surface area contributed by atoms with Gasteiger partial charge in [0.25, 0.3) is 0 Å². The SMILES string of the molecule is Cn1cc(C2=C(c3c4c(n5ccccc35)CCC(C#N)C4)C(=O)OC2=O)c2ccccc21. The Bertz CT molecular complexity index is 1540. The molecule has 2 aliphatic rings. The Labute approximate surface area is 183 Å². The lowest BCUT2D eigenvalue weighted by Crippen LogP contribution is -2.14. The predicted molar refractivity (Wildman–Crippen MR) is 119 cm³/mol. The lowest BCUT2D eigenvalue weighted by atomic mass is 9.84. The Kier molecular flexibility index (Phi) is 3.90. The number of carbonyl (C=O) groups excluding carboxylic acids is 2. The van der Waals surface area contributed by atoms with Gasteiger partial charge in [-0.3, -0.25) is 0 Å². The highest BCUT2D eigenvalue weighted by Gasteiger charge is 2.40. The average Bonchev–Trinajstić information content (AvgIpc) is 3.41. The number of pyridine rings is 1. The topological polar surface area (TPSA) is 76.5 Å². The largest absolute Gasteiger partial charge is 0.386 e. The molecule has 4 heterocycles. The van der Waals surface area contributed by atoms with E-state index in [9.17, 15) is 14.9 Å². The van der Waals surface area contributed by atoms with Gasteiger partial charge in [-0.25, -0.2) is 9.59 Å². The molecule has 1 aromatic carbocycles. The molecular formula is C26H19N3O3. The highest BCUT2D eigenvalue weighted by Crippen LogP contribution is 2.43. The van der Waals surface area contributed by atoms with Crippen LogP contribution in [0.25, 0.3) is 27.6 Å². The molecule has 6 nitrogen and oxygen atoms in total. The molecule has 6 rings (SSSR count). The second kappa shape index (κ2) is 6.69. The molecule has 1 atom stereocenters. The molecule has 1 aliphatic carbocycles. The van der Waals surface area contributed by atoms with Crippen molar-refractivity contribution in [3.05, 3.63) is 77.2 Å². The molecule has 0 bridgehead atoms. The van der Waals surface area contributed by atoms with E-state index < -0.39 is 11.9 Å². The number of rotatable bonds is 2. The highest BCUT2D eigenvalue weighted by molar-refractivity contribution is 6.46. The van der Waals surface area contributed by atoms with E-state index in [2.05, 4.69) is 10.5 Å². The van der Waals surface area contributed by atoms with Crippen LogP contribution >= 0.6 is 0 Å². The van der Waals surface area contributed by atoms with Gasteiger partial charge >= 0.3 is 11.9 Å². The maximum Gasteiger partial charge on any atom is 0.347 e. The lowest BCUT2D eigenvalue weighted by molar-refractivity contribution is -0.149. The highest BCUT2D eigenvalue weighted by atomic mass is 16.6. The number of hydrogen-bond acceptors (Lipinski definition) is 4. The summed E-state index contributed by atoms with van der Waals surface area (Å²) in [6.07, 6.45) is 5.94. The fourth-order valence-electron chi connectivity index (χ4n) is 5.27. The van der Waals surface area contributed by atoms with Crippen molar-refractivity contribution in [2.45, 2.75) is 19.3 Å². The maximum atomic E-state index is 13.1. The van der Waals surface area contributed by atoms with Crippen LogP contribution in [0.15, 0.2) is 54.9 Å². The summed E-state index contributed by atoms with van der Waals surface area (Å²) in [6.45, 7) is 0. The fraction of sp³-hybridized carbons (Fsp3) is 0.192. The van der Waals surface area contributed by atoms with Gasteiger partial charge in [0.15, 0.2) is 0 Å². The van der Waals surface area contributed by atoms with E-state index in [4.69, 9.17) is 4.74 Å². The molecule has 3 aromatic heterocycles. The van der Waals surface area contributed by atoms with Gasteiger partial charge in [0.05, 0.1) is 28.7 Å². The van der Waals surface area contributed by atoms with E-state index in [0.717, 1.165) is 46.1 Å². The van der Waals surface area contributed by atoms with Crippen molar-refractivity contribution in [2.75, 3.05) is 0 Å². The fourth-order valence-corrected chi connectivity index (χ4v) is 5.27. The van der Waals surface area contributed by atoms with Crippen LogP contribution in [0.1, 0.15) is 28.8 Å². The summed E-state index contributed by atoms with van der Waals surface area (Å²) in [5.41, 5.74) is 5.89. The van der Waals surface area contributed by atoms with Gasteiger partial charge in [0, 0.05) is 47.2 Å². The number of aryl methyl sites for hydroxylation is 2. The van der Waals surface area contributed by atoms with E-state index in [0.29, 0.717) is 23.1 Å². The Hall–Kier alpha value is -4.11.